The van der Waals surface area contributed by atoms with E-state index < -0.39 is 0 Å². The summed E-state index contributed by atoms with van der Waals surface area (Å²) in [6.45, 7) is -0.0918. The largest absolute Gasteiger partial charge is 2.00 e. The first-order valence-electron chi connectivity index (χ1n) is 12.0. The molecular weight excluding hydrogens is 636 g/mol. The summed E-state index contributed by atoms with van der Waals surface area (Å²) in [5.41, 5.74) is 11.2. The molecule has 0 spiro atoms. The van der Waals surface area contributed by atoms with E-state index in [-0.39, 0.29) is 27.9 Å². The van der Waals surface area contributed by atoms with Gasteiger partial charge in [-0.3, -0.25) is 9.36 Å². The Hall–Kier alpha value is -4.15. The quantitative estimate of drug-likeness (QED) is 0.203. The minimum absolute atomic E-state index is 0. The normalized spacial score (nSPS) is 12.5. The zero-order valence-corrected chi connectivity index (χ0v) is 21.8. The Kier molecular flexibility index (Phi) is 5.05. The molecule has 176 valence electrons. The monoisotopic (exact) mass is 654 g/mol. The van der Waals surface area contributed by atoms with E-state index in [1.165, 1.54) is 33.6 Å². The number of benzene rings is 4. The van der Waals surface area contributed by atoms with Crippen molar-refractivity contribution in [3.8, 4) is 33.6 Å². The number of anilines is 2. The van der Waals surface area contributed by atoms with Gasteiger partial charge in [0.25, 0.3) is 6.85 Å². The Morgan fingerprint density at radius 3 is 1.49 bits per heavy atom. The van der Waals surface area contributed by atoms with Crippen LogP contribution in [0.2, 0.25) is 0 Å². The molecule has 2 aliphatic heterocycles. The SMILES string of the molecule is [Pt+2].[c-]1c(-n2cccn2)ccc2c1B1c3[c-]c(-n4cccn4)ccc3-c3ccccc3N1c1ccccc1-2. The van der Waals surface area contributed by atoms with Crippen LogP contribution in [0.5, 0.6) is 0 Å². The van der Waals surface area contributed by atoms with Crippen LogP contribution in [0.25, 0.3) is 33.6 Å². The van der Waals surface area contributed by atoms with E-state index in [1.807, 2.05) is 33.9 Å². The molecule has 37 heavy (non-hydrogen) atoms. The molecule has 7 heteroatoms. The maximum absolute atomic E-state index is 4.46. The third-order valence-electron chi connectivity index (χ3n) is 7.14. The van der Waals surface area contributed by atoms with Crippen molar-refractivity contribution >= 4 is 29.1 Å². The fourth-order valence-electron chi connectivity index (χ4n) is 5.62. The Labute approximate surface area is 229 Å². The Morgan fingerprint density at radius 1 is 0.541 bits per heavy atom. The molecule has 6 aromatic rings. The summed E-state index contributed by atoms with van der Waals surface area (Å²) >= 11 is 0. The van der Waals surface area contributed by atoms with Gasteiger partial charge in [-0.1, -0.05) is 47.5 Å². The maximum Gasteiger partial charge on any atom is 2.00 e. The molecule has 2 aliphatic rings. The number of fused-ring (bicyclic) bond motifs is 11. The molecule has 5 nitrogen and oxygen atoms in total. The molecule has 0 fully saturated rings. The van der Waals surface area contributed by atoms with Crippen LogP contribution in [0.4, 0.5) is 11.4 Å². The van der Waals surface area contributed by atoms with Gasteiger partial charge in [-0.15, -0.1) is 23.3 Å². The fourth-order valence-corrected chi connectivity index (χ4v) is 5.62. The van der Waals surface area contributed by atoms with E-state index in [0.717, 1.165) is 22.3 Å². The van der Waals surface area contributed by atoms with Crippen molar-refractivity contribution in [2.24, 2.45) is 0 Å². The average Bonchev–Trinajstić information content (AvgIpc) is 3.67. The first-order chi connectivity index (χ1) is 17.9. The van der Waals surface area contributed by atoms with Gasteiger partial charge in [0.05, 0.1) is 0 Å². The van der Waals surface area contributed by atoms with Gasteiger partial charge in [-0.25, -0.2) is 0 Å². The van der Waals surface area contributed by atoms with Gasteiger partial charge in [0.15, 0.2) is 0 Å². The van der Waals surface area contributed by atoms with Crippen molar-refractivity contribution in [3.05, 3.63) is 122 Å². The molecule has 0 unspecified atom stereocenters. The minimum Gasteiger partial charge on any atom is -0.381 e. The second-order valence-electron chi connectivity index (χ2n) is 9.05. The van der Waals surface area contributed by atoms with Crippen LogP contribution in [-0.4, -0.2) is 26.4 Å². The van der Waals surface area contributed by atoms with Crippen LogP contribution in [0.3, 0.4) is 0 Å². The van der Waals surface area contributed by atoms with Crippen LogP contribution in [-0.2, 0) is 21.1 Å². The first kappa shape index (κ1) is 22.1. The number of hydrogen-bond donors (Lipinski definition) is 0. The number of nitrogens with zero attached hydrogens (tertiary/aromatic N) is 5. The van der Waals surface area contributed by atoms with E-state index in [2.05, 4.69) is 99.9 Å². The summed E-state index contributed by atoms with van der Waals surface area (Å²) in [6.07, 6.45) is 7.51. The van der Waals surface area contributed by atoms with Crippen LogP contribution < -0.4 is 15.7 Å². The third kappa shape index (κ3) is 3.22. The zero-order chi connectivity index (χ0) is 23.6. The molecule has 4 aromatic carbocycles. The zero-order valence-electron chi connectivity index (χ0n) is 19.5. The van der Waals surface area contributed by atoms with Gasteiger partial charge in [0.2, 0.25) is 0 Å². The molecule has 0 amide bonds. The standard InChI is InChI=1S/C30H18BN5.Pt/c1-3-9-29-25(7-1)23-13-11-21(34-17-5-15-32-34)19-27(23)31-28-20-22(35-18-6-16-33-35)12-14-24(28)26-8-2-4-10-30(26)36(29)31;/h1-18H;/q-2;+2. The Morgan fingerprint density at radius 2 is 1.03 bits per heavy atom. The average molecular weight is 654 g/mol. The van der Waals surface area contributed by atoms with Crippen molar-refractivity contribution in [2.45, 2.75) is 0 Å². The maximum atomic E-state index is 4.46. The molecule has 0 aliphatic carbocycles. The fraction of sp³-hybridized carbons (Fsp3) is 0. The van der Waals surface area contributed by atoms with E-state index in [1.54, 1.807) is 12.4 Å². The predicted molar refractivity (Wildman–Crippen MR) is 143 cm³/mol. The van der Waals surface area contributed by atoms with Gasteiger partial charge in [0, 0.05) is 36.2 Å². The summed E-state index contributed by atoms with van der Waals surface area (Å²) < 4.78 is 3.74. The molecule has 0 N–H and O–H groups in total. The van der Waals surface area contributed by atoms with E-state index >= 15 is 0 Å². The molecule has 0 bridgehead atoms. The van der Waals surface area contributed by atoms with Crippen molar-refractivity contribution in [1.29, 1.82) is 0 Å². The first-order valence-corrected chi connectivity index (χ1v) is 12.0. The molecular formula is C30H18BN5Pt. The van der Waals surface area contributed by atoms with Crippen molar-refractivity contribution in [2.75, 3.05) is 4.81 Å². The number of para-hydroxylation sites is 2. The molecule has 0 saturated carbocycles. The predicted octanol–water partition coefficient (Wildman–Crippen LogP) is 4.56. The third-order valence-corrected chi connectivity index (χ3v) is 7.14. The van der Waals surface area contributed by atoms with Crippen LogP contribution >= 0.6 is 0 Å². The molecule has 0 saturated heterocycles. The number of hydrogen-bond acceptors (Lipinski definition) is 3. The van der Waals surface area contributed by atoms with Gasteiger partial charge in [-0.05, 0) is 35.6 Å². The molecule has 8 rings (SSSR count). The number of rotatable bonds is 2. The second kappa shape index (κ2) is 8.46. The smallest absolute Gasteiger partial charge is 0.381 e. The summed E-state index contributed by atoms with van der Waals surface area (Å²) in [6, 6.07) is 37.3. The van der Waals surface area contributed by atoms with Gasteiger partial charge in [-0.2, -0.15) is 45.4 Å². The molecule has 4 heterocycles. The van der Waals surface area contributed by atoms with Gasteiger partial charge >= 0.3 is 21.1 Å². The summed E-state index contributed by atoms with van der Waals surface area (Å²) in [5.74, 6) is 0. The van der Waals surface area contributed by atoms with Crippen molar-refractivity contribution in [1.82, 2.24) is 19.6 Å². The van der Waals surface area contributed by atoms with Crippen molar-refractivity contribution in [3.63, 3.8) is 0 Å². The molecule has 0 atom stereocenters. The Balaban J connectivity index is 0.00000231. The van der Waals surface area contributed by atoms with Crippen molar-refractivity contribution < 1.29 is 21.1 Å². The topological polar surface area (TPSA) is 38.9 Å². The van der Waals surface area contributed by atoms with Crippen LogP contribution in [0.15, 0.2) is 110 Å². The van der Waals surface area contributed by atoms with E-state index in [9.17, 15) is 0 Å². The number of aromatic nitrogens is 4. The molecule has 0 radical (unpaired) electrons. The van der Waals surface area contributed by atoms with Gasteiger partial charge in [0.1, 0.15) is 0 Å². The van der Waals surface area contributed by atoms with Crippen LogP contribution in [0, 0.1) is 12.1 Å². The minimum atomic E-state index is -0.0918. The Bertz CT molecular complexity index is 1630. The summed E-state index contributed by atoms with van der Waals surface area (Å²) in [4.78, 5) is 2.45. The van der Waals surface area contributed by atoms with Gasteiger partial charge < -0.3 is 4.81 Å². The second-order valence-corrected chi connectivity index (χ2v) is 9.05. The summed E-state index contributed by atoms with van der Waals surface area (Å²) in [7, 11) is 0. The van der Waals surface area contributed by atoms with E-state index in [4.69, 9.17) is 0 Å². The summed E-state index contributed by atoms with van der Waals surface area (Å²) in [5, 5.41) is 8.93. The van der Waals surface area contributed by atoms with E-state index in [0.29, 0.717) is 0 Å². The molecule has 2 aromatic heterocycles. The van der Waals surface area contributed by atoms with Crippen LogP contribution in [0.1, 0.15) is 0 Å².